The van der Waals surface area contributed by atoms with Gasteiger partial charge in [0.15, 0.2) is 5.69 Å². The molecule has 1 N–H and O–H groups in total. The SMILES string of the molecule is Cc1nc(C(F)(F)F)c(C(C)O)s1. The number of nitrogens with zero attached hydrogens (tertiary/aromatic N) is 1. The highest BCUT2D eigenvalue weighted by atomic mass is 32.1. The lowest BCUT2D eigenvalue weighted by atomic mass is 10.2. The molecule has 0 spiro atoms. The molecule has 6 heteroatoms. The predicted molar refractivity (Wildman–Crippen MR) is 42.5 cm³/mol. The largest absolute Gasteiger partial charge is 0.434 e. The standard InChI is InChI=1S/C7H8F3NOS/c1-3(12)5-6(7(8,9)10)11-4(2)13-5/h3,12H,1-2H3. The fraction of sp³-hybridized carbons (Fsp3) is 0.571. The second-order valence-electron chi connectivity index (χ2n) is 2.62. The molecule has 74 valence electrons. The lowest BCUT2D eigenvalue weighted by molar-refractivity contribution is -0.142. The van der Waals surface area contributed by atoms with Crippen molar-refractivity contribution in [1.29, 1.82) is 0 Å². The number of aliphatic hydroxyl groups is 1. The first-order chi connectivity index (χ1) is 5.82. The Labute approximate surface area is 77.0 Å². The first-order valence-electron chi connectivity index (χ1n) is 3.55. The molecule has 13 heavy (non-hydrogen) atoms. The van der Waals surface area contributed by atoms with Gasteiger partial charge in [0.1, 0.15) is 0 Å². The van der Waals surface area contributed by atoms with Crippen LogP contribution in [0.25, 0.3) is 0 Å². The van der Waals surface area contributed by atoms with Gasteiger partial charge < -0.3 is 5.11 Å². The van der Waals surface area contributed by atoms with E-state index in [1.165, 1.54) is 13.8 Å². The Morgan fingerprint density at radius 3 is 2.31 bits per heavy atom. The summed E-state index contributed by atoms with van der Waals surface area (Å²) in [6, 6.07) is 0. The van der Waals surface area contributed by atoms with Crippen molar-refractivity contribution in [2.75, 3.05) is 0 Å². The topological polar surface area (TPSA) is 33.1 Å². The molecule has 0 bridgehead atoms. The summed E-state index contributed by atoms with van der Waals surface area (Å²) in [7, 11) is 0. The maximum atomic E-state index is 12.3. The van der Waals surface area contributed by atoms with Gasteiger partial charge in [0, 0.05) is 0 Å². The maximum Gasteiger partial charge on any atom is 0.434 e. The lowest BCUT2D eigenvalue weighted by Crippen LogP contribution is -2.09. The van der Waals surface area contributed by atoms with Gasteiger partial charge in [0.2, 0.25) is 0 Å². The summed E-state index contributed by atoms with van der Waals surface area (Å²) in [6.07, 6.45) is -5.60. The number of hydrogen-bond donors (Lipinski definition) is 1. The third kappa shape index (κ3) is 2.19. The molecule has 1 unspecified atom stereocenters. The van der Waals surface area contributed by atoms with Crippen LogP contribution in [0.15, 0.2) is 0 Å². The van der Waals surface area contributed by atoms with Gasteiger partial charge in [-0.1, -0.05) is 0 Å². The number of halogens is 3. The third-order valence-electron chi connectivity index (χ3n) is 1.41. The summed E-state index contributed by atoms with van der Waals surface area (Å²) in [4.78, 5) is 3.22. The van der Waals surface area contributed by atoms with Gasteiger partial charge in [0.25, 0.3) is 0 Å². The first kappa shape index (κ1) is 10.5. The molecule has 1 aromatic heterocycles. The molecule has 0 aliphatic heterocycles. The van der Waals surface area contributed by atoms with Gasteiger partial charge in [-0.15, -0.1) is 11.3 Å². The van der Waals surface area contributed by atoms with Gasteiger partial charge in [-0.25, -0.2) is 4.98 Å². The van der Waals surface area contributed by atoms with Crippen molar-refractivity contribution in [3.05, 3.63) is 15.6 Å². The molecule has 0 fully saturated rings. The summed E-state index contributed by atoms with van der Waals surface area (Å²) < 4.78 is 36.8. The summed E-state index contributed by atoms with van der Waals surface area (Å²) in [5.74, 6) is 0. The minimum absolute atomic E-state index is 0.120. The number of aryl methyl sites for hydroxylation is 1. The van der Waals surface area contributed by atoms with Crippen LogP contribution in [0.5, 0.6) is 0 Å². The van der Waals surface area contributed by atoms with Crippen molar-refractivity contribution in [3.63, 3.8) is 0 Å². The lowest BCUT2D eigenvalue weighted by Gasteiger charge is -2.07. The monoisotopic (exact) mass is 211 g/mol. The van der Waals surface area contributed by atoms with Crippen LogP contribution in [0.1, 0.15) is 28.6 Å². The molecular formula is C7H8F3NOS. The average Bonchev–Trinajstić information content (AvgIpc) is 2.29. The van der Waals surface area contributed by atoms with Crippen molar-refractivity contribution in [1.82, 2.24) is 4.98 Å². The maximum absolute atomic E-state index is 12.3. The minimum atomic E-state index is -4.48. The van der Waals surface area contributed by atoms with E-state index in [0.29, 0.717) is 5.01 Å². The van der Waals surface area contributed by atoms with E-state index in [9.17, 15) is 13.2 Å². The zero-order valence-electron chi connectivity index (χ0n) is 7.01. The van der Waals surface area contributed by atoms with Gasteiger partial charge >= 0.3 is 6.18 Å². The van der Waals surface area contributed by atoms with Crippen molar-refractivity contribution >= 4 is 11.3 Å². The van der Waals surface area contributed by atoms with E-state index >= 15 is 0 Å². The average molecular weight is 211 g/mol. The van der Waals surface area contributed by atoms with Crippen LogP contribution in [-0.2, 0) is 6.18 Å². The number of aromatic nitrogens is 1. The Kier molecular flexibility index (Phi) is 2.63. The Hall–Kier alpha value is -0.620. The molecule has 1 rings (SSSR count). The van der Waals surface area contributed by atoms with Gasteiger partial charge in [-0.2, -0.15) is 13.2 Å². The van der Waals surface area contributed by atoms with Crippen LogP contribution < -0.4 is 0 Å². The van der Waals surface area contributed by atoms with Gasteiger partial charge in [0.05, 0.1) is 16.0 Å². The van der Waals surface area contributed by atoms with Crippen molar-refractivity contribution in [2.45, 2.75) is 26.1 Å². The molecule has 1 aromatic rings. The molecule has 2 nitrogen and oxygen atoms in total. The second kappa shape index (κ2) is 3.26. The van der Waals surface area contributed by atoms with E-state index in [1.54, 1.807) is 0 Å². The molecular weight excluding hydrogens is 203 g/mol. The zero-order valence-corrected chi connectivity index (χ0v) is 7.83. The van der Waals surface area contributed by atoms with Crippen LogP contribution in [0.3, 0.4) is 0 Å². The highest BCUT2D eigenvalue weighted by Crippen LogP contribution is 2.36. The number of thiazole rings is 1. The quantitative estimate of drug-likeness (QED) is 0.774. The Bertz CT molecular complexity index is 305. The van der Waals surface area contributed by atoms with E-state index in [0.717, 1.165) is 11.3 Å². The van der Waals surface area contributed by atoms with Crippen LogP contribution in [0, 0.1) is 6.92 Å². The number of hydrogen-bond acceptors (Lipinski definition) is 3. The van der Waals surface area contributed by atoms with Crippen LogP contribution in [-0.4, -0.2) is 10.1 Å². The normalized spacial score (nSPS) is 14.6. The second-order valence-corrected chi connectivity index (χ2v) is 3.85. The molecule has 0 aliphatic carbocycles. The third-order valence-corrected chi connectivity index (χ3v) is 2.55. The molecule has 0 aliphatic rings. The van der Waals surface area contributed by atoms with Crippen LogP contribution >= 0.6 is 11.3 Å². The number of alkyl halides is 3. The fourth-order valence-corrected chi connectivity index (χ4v) is 1.81. The highest BCUT2D eigenvalue weighted by Gasteiger charge is 2.38. The van der Waals surface area contributed by atoms with Gasteiger partial charge in [-0.05, 0) is 13.8 Å². The Balaban J connectivity index is 3.20. The van der Waals surface area contributed by atoms with Crippen LogP contribution in [0.4, 0.5) is 13.2 Å². The Morgan fingerprint density at radius 1 is 1.46 bits per heavy atom. The summed E-state index contributed by atoms with van der Waals surface area (Å²) in [5, 5.41) is 9.36. The Morgan fingerprint density at radius 2 is 2.00 bits per heavy atom. The zero-order chi connectivity index (χ0) is 10.2. The van der Waals surface area contributed by atoms with E-state index < -0.39 is 18.0 Å². The minimum Gasteiger partial charge on any atom is -0.388 e. The molecule has 0 radical (unpaired) electrons. The van der Waals surface area contributed by atoms with Crippen molar-refractivity contribution < 1.29 is 18.3 Å². The highest BCUT2D eigenvalue weighted by molar-refractivity contribution is 7.11. The predicted octanol–water partition coefficient (Wildman–Crippen LogP) is 2.52. The van der Waals surface area contributed by atoms with E-state index in [2.05, 4.69) is 4.98 Å². The molecule has 0 saturated carbocycles. The van der Waals surface area contributed by atoms with E-state index in [-0.39, 0.29) is 4.88 Å². The summed E-state index contributed by atoms with van der Waals surface area (Å²) in [6.45, 7) is 2.77. The summed E-state index contributed by atoms with van der Waals surface area (Å²) in [5.41, 5.74) is -0.968. The molecule has 0 saturated heterocycles. The van der Waals surface area contributed by atoms with Gasteiger partial charge in [-0.3, -0.25) is 0 Å². The van der Waals surface area contributed by atoms with Crippen molar-refractivity contribution in [2.24, 2.45) is 0 Å². The van der Waals surface area contributed by atoms with Crippen molar-refractivity contribution in [3.8, 4) is 0 Å². The molecule has 1 atom stereocenters. The molecule has 1 heterocycles. The fourth-order valence-electron chi connectivity index (χ4n) is 0.929. The van der Waals surface area contributed by atoms with Crippen LogP contribution in [0.2, 0.25) is 0 Å². The smallest absolute Gasteiger partial charge is 0.388 e. The van der Waals surface area contributed by atoms with E-state index in [1.807, 2.05) is 0 Å². The molecule has 0 aromatic carbocycles. The number of rotatable bonds is 1. The first-order valence-corrected chi connectivity index (χ1v) is 4.36. The number of aliphatic hydroxyl groups excluding tert-OH is 1. The molecule has 0 amide bonds. The summed E-state index contributed by atoms with van der Waals surface area (Å²) >= 11 is 0.868. The van der Waals surface area contributed by atoms with E-state index in [4.69, 9.17) is 5.11 Å².